The Labute approximate surface area is 155 Å². The smallest absolute Gasteiger partial charge is 0.378 e. The van der Waals surface area contributed by atoms with Crippen molar-refractivity contribution in [1.82, 2.24) is 5.32 Å². The average Bonchev–Trinajstić information content (AvgIpc) is 3.44. The lowest BCUT2D eigenvalue weighted by atomic mass is 9.89. The molecule has 0 saturated heterocycles. The van der Waals surface area contributed by atoms with Crippen LogP contribution in [0.5, 0.6) is 0 Å². The van der Waals surface area contributed by atoms with Crippen LogP contribution in [0.1, 0.15) is 22.8 Å². The zero-order valence-corrected chi connectivity index (χ0v) is 15.0. The molecule has 0 saturated carbocycles. The number of nitrogens with two attached hydrogens (primary N) is 1. The topological polar surface area (TPSA) is 98.3 Å². The van der Waals surface area contributed by atoms with Crippen LogP contribution in [0.3, 0.4) is 0 Å². The molecule has 10 heteroatoms. The molecule has 1 unspecified atom stereocenters. The van der Waals surface area contributed by atoms with Crippen molar-refractivity contribution >= 4 is 5.91 Å². The molecule has 0 spiro atoms. The largest absolute Gasteiger partial charge is 0.396 e. The van der Waals surface area contributed by atoms with Crippen molar-refractivity contribution in [2.45, 2.75) is 18.8 Å². The van der Waals surface area contributed by atoms with Crippen LogP contribution in [0, 0.1) is 5.92 Å². The molecule has 0 aromatic heterocycles. The third kappa shape index (κ3) is 5.72. The number of benzene rings is 1. The van der Waals surface area contributed by atoms with Gasteiger partial charge in [-0.15, -0.1) is 0 Å². The van der Waals surface area contributed by atoms with E-state index in [1.54, 1.807) is 0 Å². The highest BCUT2D eigenvalue weighted by Crippen LogP contribution is 2.51. The van der Waals surface area contributed by atoms with Gasteiger partial charge in [-0.3, -0.25) is 4.79 Å². The lowest BCUT2D eigenvalue weighted by Gasteiger charge is -2.21. The second-order valence-corrected chi connectivity index (χ2v) is 6.04. The average molecular weight is 388 g/mol. The molecule has 1 aromatic carbocycles. The standard InChI is InChI=1S/C17H23F3N4O3/c1-12(17(18,19)20)16(23-24-16)14-4-2-13(3-5-14)15(25)22-7-9-27-11-10-26-8-6-21/h2-5,12H,6-11,21H2,1H3,(H,22,25). The van der Waals surface area contributed by atoms with Crippen molar-refractivity contribution in [2.24, 2.45) is 21.9 Å². The third-order valence-corrected chi connectivity index (χ3v) is 4.15. The number of carbonyl (C=O) groups excluding carboxylic acids is 1. The molecule has 0 bridgehead atoms. The normalized spacial score (nSPS) is 16.2. The van der Waals surface area contributed by atoms with Gasteiger partial charge >= 0.3 is 6.18 Å². The van der Waals surface area contributed by atoms with Gasteiger partial charge in [0.25, 0.3) is 5.91 Å². The number of alkyl halides is 3. The van der Waals surface area contributed by atoms with Crippen molar-refractivity contribution in [3.63, 3.8) is 0 Å². The molecular formula is C17H23F3N4O3. The van der Waals surface area contributed by atoms with E-state index in [2.05, 4.69) is 15.5 Å². The Morgan fingerprint density at radius 1 is 1.15 bits per heavy atom. The predicted molar refractivity (Wildman–Crippen MR) is 91.2 cm³/mol. The Morgan fingerprint density at radius 2 is 1.74 bits per heavy atom. The van der Waals surface area contributed by atoms with E-state index in [-0.39, 0.29) is 5.91 Å². The molecule has 150 valence electrons. The van der Waals surface area contributed by atoms with Gasteiger partial charge in [0.15, 0.2) is 0 Å². The highest BCUT2D eigenvalue weighted by atomic mass is 19.4. The molecule has 2 rings (SSSR count). The van der Waals surface area contributed by atoms with Gasteiger partial charge in [0.05, 0.1) is 26.4 Å². The van der Waals surface area contributed by atoms with E-state index in [1.807, 2.05) is 0 Å². The zero-order valence-electron chi connectivity index (χ0n) is 15.0. The Balaban J connectivity index is 1.77. The summed E-state index contributed by atoms with van der Waals surface area (Å²) in [6, 6.07) is 5.81. The number of halogens is 3. The monoisotopic (exact) mass is 388 g/mol. The minimum absolute atomic E-state index is 0.303. The molecule has 3 N–H and O–H groups in total. The Morgan fingerprint density at radius 3 is 2.26 bits per heavy atom. The Bertz CT molecular complexity index is 644. The van der Waals surface area contributed by atoms with Crippen molar-refractivity contribution in [3.05, 3.63) is 35.4 Å². The minimum atomic E-state index is -4.41. The van der Waals surface area contributed by atoms with Crippen LogP contribution < -0.4 is 11.1 Å². The summed E-state index contributed by atoms with van der Waals surface area (Å²) >= 11 is 0. The van der Waals surface area contributed by atoms with Gasteiger partial charge in [0, 0.05) is 24.2 Å². The van der Waals surface area contributed by atoms with Gasteiger partial charge in [0.1, 0.15) is 5.92 Å². The molecule has 0 radical (unpaired) electrons. The van der Waals surface area contributed by atoms with Crippen LogP contribution in [0.15, 0.2) is 34.5 Å². The van der Waals surface area contributed by atoms with Gasteiger partial charge in [-0.05, 0) is 19.1 Å². The first-order valence-electron chi connectivity index (χ1n) is 8.56. The van der Waals surface area contributed by atoms with E-state index in [0.29, 0.717) is 50.6 Å². The van der Waals surface area contributed by atoms with Crippen LogP contribution >= 0.6 is 0 Å². The molecule has 1 heterocycles. The number of carbonyl (C=O) groups is 1. The molecule has 1 atom stereocenters. The van der Waals surface area contributed by atoms with Gasteiger partial charge in [-0.25, -0.2) is 0 Å². The summed E-state index contributed by atoms with van der Waals surface area (Å²) in [5.41, 5.74) is 4.33. The van der Waals surface area contributed by atoms with E-state index < -0.39 is 17.8 Å². The SMILES string of the molecule is CC(C(F)(F)F)C1(c2ccc(C(=O)NCCOCCOCCN)cc2)N=N1. The molecule has 1 amide bonds. The predicted octanol–water partition coefficient (Wildman–Crippen LogP) is 2.23. The van der Waals surface area contributed by atoms with Crippen molar-refractivity contribution in [2.75, 3.05) is 39.5 Å². The fraction of sp³-hybridized carbons (Fsp3) is 0.588. The van der Waals surface area contributed by atoms with Crippen LogP contribution in [0.2, 0.25) is 0 Å². The highest BCUT2D eigenvalue weighted by Gasteiger charge is 2.58. The summed E-state index contributed by atoms with van der Waals surface area (Å²) in [6.45, 7) is 3.42. The number of ether oxygens (including phenoxy) is 2. The summed E-state index contributed by atoms with van der Waals surface area (Å²) in [5.74, 6) is -2.07. The highest BCUT2D eigenvalue weighted by molar-refractivity contribution is 5.94. The number of hydrogen-bond acceptors (Lipinski definition) is 6. The quantitative estimate of drug-likeness (QED) is 0.568. The third-order valence-electron chi connectivity index (χ3n) is 4.15. The molecule has 7 nitrogen and oxygen atoms in total. The van der Waals surface area contributed by atoms with E-state index >= 15 is 0 Å². The Kier molecular flexibility index (Phi) is 7.28. The van der Waals surface area contributed by atoms with Gasteiger partial charge in [-0.2, -0.15) is 23.4 Å². The first-order valence-corrected chi connectivity index (χ1v) is 8.56. The molecule has 0 aliphatic carbocycles. The maximum atomic E-state index is 13.0. The molecule has 1 aliphatic rings. The fourth-order valence-electron chi connectivity index (χ4n) is 2.43. The summed E-state index contributed by atoms with van der Waals surface area (Å²) < 4.78 is 49.3. The lowest BCUT2D eigenvalue weighted by molar-refractivity contribution is -0.180. The van der Waals surface area contributed by atoms with Gasteiger partial charge < -0.3 is 20.5 Å². The van der Waals surface area contributed by atoms with Crippen molar-refractivity contribution < 1.29 is 27.4 Å². The van der Waals surface area contributed by atoms with Crippen LogP contribution in [-0.4, -0.2) is 51.6 Å². The van der Waals surface area contributed by atoms with Gasteiger partial charge in [-0.1, -0.05) is 12.1 Å². The maximum Gasteiger partial charge on any atom is 0.396 e. The first-order chi connectivity index (χ1) is 12.8. The van der Waals surface area contributed by atoms with E-state index in [1.165, 1.54) is 24.3 Å². The second-order valence-electron chi connectivity index (χ2n) is 6.04. The molecule has 27 heavy (non-hydrogen) atoms. The maximum absolute atomic E-state index is 13.0. The van der Waals surface area contributed by atoms with E-state index in [4.69, 9.17) is 15.2 Å². The lowest BCUT2D eigenvalue weighted by Crippen LogP contribution is -2.33. The van der Waals surface area contributed by atoms with E-state index in [0.717, 1.165) is 6.92 Å². The summed E-state index contributed by atoms with van der Waals surface area (Å²) in [7, 11) is 0. The fourth-order valence-corrected chi connectivity index (χ4v) is 2.43. The number of amides is 1. The first kappa shape index (κ1) is 21.3. The number of nitrogens with one attached hydrogen (secondary N) is 1. The van der Waals surface area contributed by atoms with Crippen molar-refractivity contribution in [1.29, 1.82) is 0 Å². The van der Waals surface area contributed by atoms with Crippen LogP contribution in [-0.2, 0) is 15.1 Å². The van der Waals surface area contributed by atoms with Crippen LogP contribution in [0.4, 0.5) is 13.2 Å². The van der Waals surface area contributed by atoms with Crippen LogP contribution in [0.25, 0.3) is 0 Å². The minimum Gasteiger partial charge on any atom is -0.378 e. The number of rotatable bonds is 11. The molecular weight excluding hydrogens is 365 g/mol. The van der Waals surface area contributed by atoms with Crippen molar-refractivity contribution in [3.8, 4) is 0 Å². The molecule has 1 aliphatic heterocycles. The number of nitrogens with zero attached hydrogens (tertiary/aromatic N) is 2. The summed E-state index contributed by atoms with van der Waals surface area (Å²) in [6.07, 6.45) is -4.41. The second kappa shape index (κ2) is 9.25. The molecule has 1 aromatic rings. The number of hydrogen-bond donors (Lipinski definition) is 2. The van der Waals surface area contributed by atoms with Gasteiger partial charge in [0.2, 0.25) is 5.66 Å². The Hall–Kier alpha value is -2.04. The summed E-state index contributed by atoms with van der Waals surface area (Å²) in [5, 5.41) is 9.90. The molecule has 0 fully saturated rings. The zero-order chi connectivity index (χ0) is 19.9. The summed E-state index contributed by atoms with van der Waals surface area (Å²) in [4.78, 5) is 12.1. The van der Waals surface area contributed by atoms with E-state index in [9.17, 15) is 18.0 Å².